The van der Waals surface area contributed by atoms with Crippen molar-refractivity contribution in [1.29, 1.82) is 5.26 Å². The third kappa shape index (κ3) is 7.12. The van der Waals surface area contributed by atoms with Crippen LogP contribution in [0.2, 0.25) is 10.0 Å². The minimum atomic E-state index is -5.08. The average Bonchev–Trinajstić information content (AvgIpc) is 3.09. The molecule has 1 fully saturated rings. The largest absolute Gasteiger partial charge is 0.490 e. The second-order valence-electron chi connectivity index (χ2n) is 9.57. The Labute approximate surface area is 227 Å². The number of hydrogen-bond acceptors (Lipinski definition) is 5. The van der Waals surface area contributed by atoms with Crippen LogP contribution >= 0.6 is 23.2 Å². The molecule has 208 valence electrons. The van der Waals surface area contributed by atoms with E-state index in [2.05, 4.69) is 16.4 Å². The van der Waals surface area contributed by atoms with E-state index in [4.69, 9.17) is 33.1 Å². The molecule has 7 nitrogen and oxygen atoms in total. The zero-order valence-corrected chi connectivity index (χ0v) is 21.3. The molecule has 1 aliphatic heterocycles. The molecule has 0 bridgehead atoms. The zero-order valence-electron chi connectivity index (χ0n) is 19.8. The van der Waals surface area contributed by atoms with Crippen molar-refractivity contribution in [3.63, 3.8) is 0 Å². The molecule has 3 rings (SSSR count). The van der Waals surface area contributed by atoms with Gasteiger partial charge in [0.05, 0.1) is 21.8 Å². The molecule has 1 aromatic carbocycles. The molecule has 2 aromatic rings. The van der Waals surface area contributed by atoms with Crippen LogP contribution < -0.4 is 5.32 Å². The molecule has 0 unspecified atom stereocenters. The molecule has 13 heteroatoms. The topological polar surface area (TPSA) is 123 Å². The molecule has 38 heavy (non-hydrogen) atoms. The number of alkyl halides is 3. The molecule has 2 heterocycles. The van der Waals surface area contributed by atoms with Gasteiger partial charge in [0.1, 0.15) is 17.3 Å². The first kappa shape index (κ1) is 33.1. The summed E-state index contributed by atoms with van der Waals surface area (Å²) in [7, 11) is 0. The fourth-order valence-corrected chi connectivity index (χ4v) is 4.61. The van der Waals surface area contributed by atoms with E-state index in [9.17, 15) is 28.3 Å². The van der Waals surface area contributed by atoms with Crippen molar-refractivity contribution >= 4 is 35.1 Å². The minimum Gasteiger partial charge on any atom is -0.480 e. The Bertz CT molecular complexity index is 1200. The maximum atomic E-state index is 15.1. The fourth-order valence-electron chi connectivity index (χ4n) is 4.32. The van der Waals surface area contributed by atoms with E-state index in [1.807, 2.05) is 20.8 Å². The monoisotopic (exact) mass is 579 g/mol. The quantitative estimate of drug-likeness (QED) is 0.368. The van der Waals surface area contributed by atoms with E-state index in [1.54, 1.807) is 18.2 Å². The summed E-state index contributed by atoms with van der Waals surface area (Å²) in [5.74, 6) is -5.72. The predicted octanol–water partition coefficient (Wildman–Crippen LogP) is 6.20. The molecule has 1 aromatic heterocycles. The van der Waals surface area contributed by atoms with Crippen LogP contribution in [0.5, 0.6) is 0 Å². The van der Waals surface area contributed by atoms with Crippen molar-refractivity contribution < 1.29 is 37.4 Å². The van der Waals surface area contributed by atoms with Crippen LogP contribution in [0.4, 0.5) is 17.6 Å². The number of aromatic nitrogens is 1. The Morgan fingerprint density at radius 3 is 2.16 bits per heavy atom. The molecule has 3 N–H and O–H groups in total. The number of nitrogens with zero attached hydrogens (tertiary/aromatic N) is 2. The van der Waals surface area contributed by atoms with Crippen LogP contribution in [0, 0.1) is 22.6 Å². The Kier molecular flexibility index (Phi) is 10.7. The van der Waals surface area contributed by atoms with Gasteiger partial charge < -0.3 is 10.2 Å². The number of carbonyl (C=O) groups is 2. The lowest BCUT2D eigenvalue weighted by molar-refractivity contribution is -0.192. The fraction of sp³-hybridized carbons (Fsp3) is 0.440. The molecule has 0 amide bonds. The van der Waals surface area contributed by atoms with E-state index >= 15 is 4.39 Å². The summed E-state index contributed by atoms with van der Waals surface area (Å²) >= 11 is 12.0. The van der Waals surface area contributed by atoms with Gasteiger partial charge >= 0.3 is 18.1 Å². The number of carboxylic acid groups (broad SMARTS) is 2. The Morgan fingerprint density at radius 2 is 1.74 bits per heavy atom. The van der Waals surface area contributed by atoms with Crippen molar-refractivity contribution in [3.05, 3.63) is 63.6 Å². The van der Waals surface area contributed by atoms with E-state index in [1.165, 1.54) is 18.3 Å². The van der Waals surface area contributed by atoms with E-state index < -0.39 is 47.3 Å². The van der Waals surface area contributed by atoms with Gasteiger partial charge in [0, 0.05) is 18.2 Å². The number of aliphatic carboxylic acids is 2. The summed E-state index contributed by atoms with van der Waals surface area (Å²) in [5.41, 5.74) is -1.29. The summed E-state index contributed by atoms with van der Waals surface area (Å²) < 4.78 is 46.8. The maximum absolute atomic E-state index is 15.1. The Balaban J connectivity index is 0.000000797. The predicted molar refractivity (Wildman–Crippen MR) is 134 cm³/mol. The standard InChI is InChI=1S/C22H22Cl2FN3O2.C2HF3O2.CH4/c1-21(2,3)9-16-22(11-26,15-8-7-12(23)10-27-15)17(19(28-16)20(29)30)13-5-4-6-14(24)18(13)25;3-2(4,5)1(6)7;/h4-8,10,16-17,19,28H,9H2,1-3H3,(H,29,30);(H,6,7);1H4/t16-,17-,19+,22-;;/m0../s1. The highest BCUT2D eigenvalue weighted by Crippen LogP contribution is 2.51. The van der Waals surface area contributed by atoms with Crippen LogP contribution in [-0.4, -0.2) is 45.4 Å². The lowest BCUT2D eigenvalue weighted by Crippen LogP contribution is -2.44. The van der Waals surface area contributed by atoms with Gasteiger partial charge in [-0.3, -0.25) is 15.1 Å². The van der Waals surface area contributed by atoms with Crippen LogP contribution in [-0.2, 0) is 15.0 Å². The highest BCUT2D eigenvalue weighted by molar-refractivity contribution is 6.31. The average molecular weight is 580 g/mol. The highest BCUT2D eigenvalue weighted by atomic mass is 35.5. The zero-order chi connectivity index (χ0) is 28.3. The maximum Gasteiger partial charge on any atom is 0.490 e. The van der Waals surface area contributed by atoms with Crippen molar-refractivity contribution in [2.45, 2.75) is 64.2 Å². The second kappa shape index (κ2) is 12.3. The number of carboxylic acids is 2. The van der Waals surface area contributed by atoms with Crippen LogP contribution in [0.3, 0.4) is 0 Å². The number of benzene rings is 1. The lowest BCUT2D eigenvalue weighted by atomic mass is 9.64. The number of halogens is 6. The normalized spacial score (nSPS) is 22.9. The van der Waals surface area contributed by atoms with Crippen LogP contribution in [0.1, 0.15) is 51.8 Å². The summed E-state index contributed by atoms with van der Waals surface area (Å²) in [4.78, 5) is 25.5. The second-order valence-corrected chi connectivity index (χ2v) is 10.4. The van der Waals surface area contributed by atoms with Crippen molar-refractivity contribution in [2.24, 2.45) is 5.41 Å². The third-order valence-corrected chi connectivity index (χ3v) is 6.25. The van der Waals surface area contributed by atoms with Gasteiger partial charge in [-0.15, -0.1) is 0 Å². The van der Waals surface area contributed by atoms with Gasteiger partial charge in [-0.05, 0) is 35.6 Å². The summed E-state index contributed by atoms with van der Waals surface area (Å²) in [5, 5.41) is 30.9. The smallest absolute Gasteiger partial charge is 0.480 e. The Hall–Kier alpha value is -2.94. The summed E-state index contributed by atoms with van der Waals surface area (Å²) in [6.45, 7) is 5.99. The molecule has 1 saturated heterocycles. The molecule has 0 radical (unpaired) electrons. The number of nitrogens with one attached hydrogen (secondary N) is 1. The first-order valence-electron chi connectivity index (χ1n) is 10.7. The van der Waals surface area contributed by atoms with Crippen molar-refractivity contribution in [3.8, 4) is 6.07 Å². The van der Waals surface area contributed by atoms with Gasteiger partial charge in [-0.25, -0.2) is 9.18 Å². The third-order valence-electron chi connectivity index (χ3n) is 5.73. The van der Waals surface area contributed by atoms with Gasteiger partial charge in [0.2, 0.25) is 0 Å². The van der Waals surface area contributed by atoms with Gasteiger partial charge in [0.25, 0.3) is 0 Å². The van der Waals surface area contributed by atoms with Crippen LogP contribution in [0.15, 0.2) is 36.5 Å². The summed E-state index contributed by atoms with van der Waals surface area (Å²) in [6, 6.07) is 8.13. The molecular weight excluding hydrogens is 553 g/mol. The first-order valence-corrected chi connectivity index (χ1v) is 11.5. The molecule has 0 aliphatic carbocycles. The summed E-state index contributed by atoms with van der Waals surface area (Å²) in [6.07, 6.45) is -3.21. The number of nitriles is 1. The van der Waals surface area contributed by atoms with E-state index in [0.29, 0.717) is 17.1 Å². The SMILES string of the molecule is C.CC(C)(C)C[C@@H]1N[C@@H](C(=O)O)[C@H](c2cccc(Cl)c2F)[C@@]1(C#N)c1ccc(Cl)cn1.O=C(O)C(F)(F)F. The van der Waals surface area contributed by atoms with Gasteiger partial charge in [-0.2, -0.15) is 18.4 Å². The number of rotatable bonds is 4. The molecular formula is C25H27Cl2F4N3O4. The van der Waals surface area contributed by atoms with Crippen LogP contribution in [0.25, 0.3) is 0 Å². The molecule has 0 saturated carbocycles. The van der Waals surface area contributed by atoms with Gasteiger partial charge in [0.15, 0.2) is 0 Å². The van der Waals surface area contributed by atoms with Crippen molar-refractivity contribution in [1.82, 2.24) is 10.3 Å². The number of hydrogen-bond donors (Lipinski definition) is 3. The number of pyridine rings is 1. The van der Waals surface area contributed by atoms with Gasteiger partial charge in [-0.1, -0.05) is 63.5 Å². The molecule has 1 aliphatic rings. The minimum absolute atomic E-state index is 0. The van der Waals surface area contributed by atoms with E-state index in [-0.39, 0.29) is 23.4 Å². The molecule has 0 spiro atoms. The van der Waals surface area contributed by atoms with E-state index in [0.717, 1.165) is 0 Å². The Morgan fingerprint density at radius 1 is 1.16 bits per heavy atom. The molecule has 4 atom stereocenters. The first-order chi connectivity index (χ1) is 17.0. The highest BCUT2D eigenvalue weighted by Gasteiger charge is 2.61. The lowest BCUT2D eigenvalue weighted by Gasteiger charge is -2.36. The van der Waals surface area contributed by atoms with Crippen molar-refractivity contribution in [2.75, 3.05) is 0 Å².